The van der Waals surface area contributed by atoms with Gasteiger partial charge < -0.3 is 20.5 Å². The van der Waals surface area contributed by atoms with E-state index in [4.69, 9.17) is 0 Å². The van der Waals surface area contributed by atoms with Crippen LogP contribution in [0.2, 0.25) is 0 Å². The number of carbonyl (C=O) groups excluding carboxylic acids is 1. The van der Waals surface area contributed by atoms with Gasteiger partial charge in [-0.3, -0.25) is 14.4 Å². The molecule has 1 saturated carbocycles. The Morgan fingerprint density at radius 2 is 1.90 bits per heavy atom. The van der Waals surface area contributed by atoms with E-state index in [1.807, 2.05) is 6.92 Å². The van der Waals surface area contributed by atoms with Gasteiger partial charge in [0, 0.05) is 18.3 Å². The Balaban J connectivity index is 1.52. The molecule has 4 N–H and O–H groups in total. The van der Waals surface area contributed by atoms with E-state index in [0.717, 1.165) is 30.6 Å². The van der Waals surface area contributed by atoms with Crippen LogP contribution in [-0.2, 0) is 11.3 Å². The van der Waals surface area contributed by atoms with Gasteiger partial charge in [0.2, 0.25) is 0 Å². The standard InChI is InChI=1S/C27H31FN6O5/c1-3-34-20(10-11-29-34)25(35)32-22(15-6-4-14(2)5-7-15)24-30-19-9-8-16(21(28)23(19)31-24)17-12-33(27(38)39)13-18(17)26(36)37/h8-11,14-15,22H,3-7,12-13H2,1-2H3,(H,30,31)(H,32,35)(H,36,37)(H,38,39)/t14?,15?,22-/m0/s1. The molecule has 3 aromatic rings. The summed E-state index contributed by atoms with van der Waals surface area (Å²) >= 11 is 0. The van der Waals surface area contributed by atoms with E-state index in [2.05, 4.69) is 27.3 Å². The van der Waals surface area contributed by atoms with Crippen LogP contribution in [0.1, 0.15) is 67.4 Å². The first kappa shape index (κ1) is 26.4. The number of amides is 2. The molecule has 11 nitrogen and oxygen atoms in total. The van der Waals surface area contributed by atoms with Crippen LogP contribution in [0.15, 0.2) is 30.0 Å². The van der Waals surface area contributed by atoms with E-state index >= 15 is 4.39 Å². The quantitative estimate of drug-likeness (QED) is 0.354. The second-order valence-corrected chi connectivity index (χ2v) is 10.3. The van der Waals surface area contributed by atoms with Gasteiger partial charge in [0.1, 0.15) is 17.0 Å². The Kier molecular flexibility index (Phi) is 7.11. The van der Waals surface area contributed by atoms with Crippen LogP contribution >= 0.6 is 0 Å². The molecule has 0 radical (unpaired) electrons. The lowest BCUT2D eigenvalue weighted by Crippen LogP contribution is -2.36. The lowest BCUT2D eigenvalue weighted by Gasteiger charge is -2.32. The summed E-state index contributed by atoms with van der Waals surface area (Å²) in [5.74, 6) is -1.23. The number of H-pyrrole nitrogens is 1. The van der Waals surface area contributed by atoms with Gasteiger partial charge in [-0.05, 0) is 55.4 Å². The molecule has 1 aliphatic carbocycles. The largest absolute Gasteiger partial charge is 0.478 e. The average molecular weight is 539 g/mol. The number of nitrogens with zero attached hydrogens (tertiary/aromatic N) is 4. The van der Waals surface area contributed by atoms with Crippen molar-refractivity contribution >= 4 is 34.6 Å². The molecule has 1 aliphatic heterocycles. The fourth-order valence-electron chi connectivity index (χ4n) is 5.67. The number of fused-ring (bicyclic) bond motifs is 1. The number of aryl methyl sites for hydroxylation is 1. The molecule has 12 heteroatoms. The SMILES string of the molecule is CCn1nccc1C(=O)N[C@H](c1nc2c(F)c(C3=C(C(=O)O)CN(C(=O)O)C3)ccc2[nH]1)C1CCC(C)CC1. The van der Waals surface area contributed by atoms with Crippen molar-refractivity contribution in [1.29, 1.82) is 0 Å². The number of rotatable bonds is 7. The second-order valence-electron chi connectivity index (χ2n) is 10.3. The molecule has 1 fully saturated rings. The number of carbonyl (C=O) groups is 3. The summed E-state index contributed by atoms with van der Waals surface area (Å²) in [4.78, 5) is 45.2. The summed E-state index contributed by atoms with van der Waals surface area (Å²) in [5, 5.41) is 26.3. The van der Waals surface area contributed by atoms with E-state index < -0.39 is 23.9 Å². The summed E-state index contributed by atoms with van der Waals surface area (Å²) in [6, 6.07) is 4.20. The van der Waals surface area contributed by atoms with Crippen molar-refractivity contribution in [1.82, 2.24) is 30.0 Å². The average Bonchev–Trinajstić information content (AvgIpc) is 3.66. The van der Waals surface area contributed by atoms with Crippen LogP contribution in [0, 0.1) is 17.7 Å². The molecule has 1 aromatic carbocycles. The predicted octanol–water partition coefficient (Wildman–Crippen LogP) is 4.05. The number of hydrogen-bond donors (Lipinski definition) is 4. The van der Waals surface area contributed by atoms with Gasteiger partial charge >= 0.3 is 12.1 Å². The van der Waals surface area contributed by atoms with Crippen molar-refractivity contribution in [2.45, 2.75) is 52.1 Å². The van der Waals surface area contributed by atoms with Gasteiger partial charge in [0.25, 0.3) is 5.91 Å². The molecule has 0 saturated heterocycles. The summed E-state index contributed by atoms with van der Waals surface area (Å²) in [5.41, 5.74) is 0.775. The fourth-order valence-corrected chi connectivity index (χ4v) is 5.67. The summed E-state index contributed by atoms with van der Waals surface area (Å²) in [6.45, 7) is 4.07. The van der Waals surface area contributed by atoms with Crippen molar-refractivity contribution < 1.29 is 29.0 Å². The molecule has 2 aromatic heterocycles. The third kappa shape index (κ3) is 4.98. The molecule has 3 heterocycles. The van der Waals surface area contributed by atoms with Crippen molar-refractivity contribution in [3.05, 3.63) is 52.9 Å². The third-order valence-electron chi connectivity index (χ3n) is 7.89. The van der Waals surface area contributed by atoms with Crippen LogP contribution < -0.4 is 5.32 Å². The molecule has 5 rings (SSSR count). The molecular formula is C27H31FN6O5. The highest BCUT2D eigenvalue weighted by Crippen LogP contribution is 2.38. The van der Waals surface area contributed by atoms with Crippen LogP contribution in [0.25, 0.3) is 16.6 Å². The number of imidazole rings is 1. The van der Waals surface area contributed by atoms with Crippen molar-refractivity contribution in [2.24, 2.45) is 11.8 Å². The molecule has 2 amide bonds. The zero-order valence-corrected chi connectivity index (χ0v) is 21.8. The molecule has 0 spiro atoms. The lowest BCUT2D eigenvalue weighted by atomic mass is 9.79. The number of halogens is 1. The number of nitrogens with one attached hydrogen (secondary N) is 2. The fraction of sp³-hybridized carbons (Fsp3) is 0.444. The normalized spacial score (nSPS) is 20.4. The molecular weight excluding hydrogens is 507 g/mol. The number of carboxylic acid groups (broad SMARTS) is 2. The first-order chi connectivity index (χ1) is 18.7. The number of aliphatic carboxylic acids is 1. The minimum Gasteiger partial charge on any atom is -0.478 e. The zero-order valence-electron chi connectivity index (χ0n) is 21.8. The second kappa shape index (κ2) is 10.5. The van der Waals surface area contributed by atoms with Crippen LogP contribution in [0.3, 0.4) is 0 Å². The smallest absolute Gasteiger partial charge is 0.407 e. The van der Waals surface area contributed by atoms with E-state index in [9.17, 15) is 24.6 Å². The first-order valence-electron chi connectivity index (χ1n) is 13.1. The van der Waals surface area contributed by atoms with Crippen molar-refractivity contribution in [3.63, 3.8) is 0 Å². The number of carboxylic acids is 1. The van der Waals surface area contributed by atoms with Crippen LogP contribution in [0.5, 0.6) is 0 Å². The number of aromatic nitrogens is 4. The molecule has 0 bridgehead atoms. The summed E-state index contributed by atoms with van der Waals surface area (Å²) in [6.07, 6.45) is 4.07. The number of aromatic amines is 1. The highest BCUT2D eigenvalue weighted by molar-refractivity contribution is 6.01. The van der Waals surface area contributed by atoms with Crippen molar-refractivity contribution in [3.8, 4) is 0 Å². The van der Waals surface area contributed by atoms with Gasteiger partial charge in [0.05, 0.1) is 30.2 Å². The van der Waals surface area contributed by atoms with Gasteiger partial charge in [-0.25, -0.2) is 19.0 Å². The van der Waals surface area contributed by atoms with Gasteiger partial charge in [-0.1, -0.05) is 19.8 Å². The summed E-state index contributed by atoms with van der Waals surface area (Å²) < 4.78 is 17.5. The molecule has 0 unspecified atom stereocenters. The Morgan fingerprint density at radius 1 is 1.15 bits per heavy atom. The number of hydrogen-bond acceptors (Lipinski definition) is 5. The Labute approximate surface area is 223 Å². The maximum atomic E-state index is 15.9. The van der Waals surface area contributed by atoms with Gasteiger partial charge in [-0.15, -0.1) is 0 Å². The topological polar surface area (TPSA) is 153 Å². The van der Waals surface area contributed by atoms with Crippen LogP contribution in [-0.4, -0.2) is 65.9 Å². The van der Waals surface area contributed by atoms with E-state index in [1.54, 1.807) is 23.0 Å². The maximum absolute atomic E-state index is 15.9. The Morgan fingerprint density at radius 3 is 2.56 bits per heavy atom. The zero-order chi connectivity index (χ0) is 27.8. The maximum Gasteiger partial charge on any atom is 0.407 e. The van der Waals surface area contributed by atoms with Gasteiger partial charge in [-0.2, -0.15) is 5.10 Å². The number of benzene rings is 1. The molecule has 1 atom stereocenters. The minimum atomic E-state index is -1.29. The summed E-state index contributed by atoms with van der Waals surface area (Å²) in [7, 11) is 0. The first-order valence-corrected chi connectivity index (χ1v) is 13.1. The van der Waals surface area contributed by atoms with E-state index in [-0.39, 0.29) is 47.1 Å². The van der Waals surface area contributed by atoms with E-state index in [0.29, 0.717) is 29.5 Å². The third-order valence-corrected chi connectivity index (χ3v) is 7.89. The Bertz CT molecular complexity index is 1470. The molecule has 39 heavy (non-hydrogen) atoms. The predicted molar refractivity (Wildman–Crippen MR) is 139 cm³/mol. The minimum absolute atomic E-state index is 0.000578. The highest BCUT2D eigenvalue weighted by atomic mass is 19.1. The monoisotopic (exact) mass is 538 g/mol. The molecule has 2 aliphatic rings. The lowest BCUT2D eigenvalue weighted by molar-refractivity contribution is -0.132. The molecule has 206 valence electrons. The highest BCUT2D eigenvalue weighted by Gasteiger charge is 2.34. The van der Waals surface area contributed by atoms with Crippen molar-refractivity contribution in [2.75, 3.05) is 13.1 Å². The Hall–Kier alpha value is -4.22. The van der Waals surface area contributed by atoms with E-state index in [1.165, 1.54) is 6.07 Å². The van der Waals surface area contributed by atoms with Crippen LogP contribution in [0.4, 0.5) is 9.18 Å². The van der Waals surface area contributed by atoms with Gasteiger partial charge in [0.15, 0.2) is 5.82 Å².